The van der Waals surface area contributed by atoms with E-state index in [1.165, 1.54) is 11.1 Å². The smallest absolute Gasteiger partial charge is 0.234 e. The minimum Gasteiger partial charge on any atom is -0.391 e. The summed E-state index contributed by atoms with van der Waals surface area (Å²) in [4.78, 5) is 27.0. The summed E-state index contributed by atoms with van der Waals surface area (Å²) in [5, 5.41) is 16.4. The molecule has 152 valence electrons. The lowest BCUT2D eigenvalue weighted by atomic mass is 10.1. The lowest BCUT2D eigenvalue weighted by Crippen LogP contribution is -2.47. The summed E-state index contributed by atoms with van der Waals surface area (Å²) in [6.07, 6.45) is 1.92. The molecule has 7 nitrogen and oxygen atoms in total. The monoisotopic (exact) mass is 387 g/mol. The maximum absolute atomic E-state index is 12.7. The van der Waals surface area contributed by atoms with Crippen LogP contribution in [-0.2, 0) is 27.2 Å². The molecule has 1 saturated carbocycles. The summed E-state index contributed by atoms with van der Waals surface area (Å²) < 4.78 is 5.29. The second-order valence-electron chi connectivity index (χ2n) is 8.18. The second-order valence-corrected chi connectivity index (χ2v) is 8.18. The molecular weight excluding hydrogens is 358 g/mol. The predicted octanol–water partition coefficient (Wildman–Crippen LogP) is -0.142. The van der Waals surface area contributed by atoms with Crippen molar-refractivity contribution < 1.29 is 19.4 Å². The van der Waals surface area contributed by atoms with E-state index in [0.29, 0.717) is 32.6 Å². The van der Waals surface area contributed by atoms with Crippen LogP contribution in [0.25, 0.3) is 0 Å². The number of rotatable bonds is 5. The summed E-state index contributed by atoms with van der Waals surface area (Å²) in [6, 6.07) is 8.05. The number of fused-ring (bicyclic) bond motifs is 1. The van der Waals surface area contributed by atoms with Crippen LogP contribution in [0.1, 0.15) is 24.0 Å². The zero-order valence-electron chi connectivity index (χ0n) is 16.1. The number of aliphatic hydroxyl groups excluding tert-OH is 1. The van der Waals surface area contributed by atoms with Gasteiger partial charge in [-0.3, -0.25) is 14.5 Å². The Balaban J connectivity index is 1.24. The first kappa shape index (κ1) is 19.4. The highest BCUT2D eigenvalue weighted by molar-refractivity contribution is 5.81. The Morgan fingerprint density at radius 1 is 1.07 bits per heavy atom. The van der Waals surface area contributed by atoms with Gasteiger partial charge in [-0.05, 0) is 36.8 Å². The van der Waals surface area contributed by atoms with E-state index in [2.05, 4.69) is 22.8 Å². The molecule has 3 aliphatic rings. The van der Waals surface area contributed by atoms with E-state index in [4.69, 9.17) is 4.74 Å². The van der Waals surface area contributed by atoms with Crippen LogP contribution in [0, 0.1) is 5.92 Å². The molecule has 0 radical (unpaired) electrons. The van der Waals surface area contributed by atoms with E-state index in [1.807, 2.05) is 17.0 Å². The highest BCUT2D eigenvalue weighted by Crippen LogP contribution is 2.28. The van der Waals surface area contributed by atoms with Gasteiger partial charge in [-0.2, -0.15) is 0 Å². The molecule has 2 aliphatic carbocycles. The van der Waals surface area contributed by atoms with Gasteiger partial charge in [-0.15, -0.1) is 0 Å². The molecule has 1 aliphatic heterocycles. The van der Waals surface area contributed by atoms with Gasteiger partial charge in [-0.25, -0.2) is 0 Å². The van der Waals surface area contributed by atoms with Crippen molar-refractivity contribution in [3.8, 4) is 0 Å². The maximum atomic E-state index is 12.7. The Morgan fingerprint density at radius 2 is 1.75 bits per heavy atom. The molecule has 1 aromatic carbocycles. The van der Waals surface area contributed by atoms with E-state index >= 15 is 0 Å². The van der Waals surface area contributed by atoms with Crippen LogP contribution in [0.4, 0.5) is 0 Å². The van der Waals surface area contributed by atoms with E-state index < -0.39 is 6.10 Å². The van der Waals surface area contributed by atoms with Gasteiger partial charge in [0.15, 0.2) is 0 Å². The van der Waals surface area contributed by atoms with E-state index in [1.54, 1.807) is 0 Å². The molecule has 3 N–H and O–H groups in total. The van der Waals surface area contributed by atoms with Gasteiger partial charge in [0.05, 0.1) is 31.9 Å². The van der Waals surface area contributed by atoms with Crippen LogP contribution in [0.15, 0.2) is 24.3 Å². The fraction of sp³-hybridized carbons (Fsp3) is 0.619. The minimum atomic E-state index is -0.676. The number of carbonyl (C=O) groups excluding carboxylic acids is 2. The SMILES string of the molecule is O=C(CN1CCOCC1)N[C@@H]1C[C@H](C(=O)NC2Cc3ccccc3C2)C[C@H]1O. The summed E-state index contributed by atoms with van der Waals surface area (Å²) in [6.45, 7) is 3.09. The van der Waals surface area contributed by atoms with Gasteiger partial charge in [0, 0.05) is 25.0 Å². The second kappa shape index (κ2) is 8.59. The maximum Gasteiger partial charge on any atom is 0.234 e. The first-order valence-corrected chi connectivity index (χ1v) is 10.2. The Bertz CT molecular complexity index is 694. The Kier molecular flexibility index (Phi) is 5.94. The third-order valence-electron chi connectivity index (χ3n) is 6.11. The van der Waals surface area contributed by atoms with Gasteiger partial charge >= 0.3 is 0 Å². The largest absolute Gasteiger partial charge is 0.391 e. The number of aliphatic hydroxyl groups is 1. The Labute approximate surface area is 165 Å². The third kappa shape index (κ3) is 4.54. The number of amides is 2. The lowest BCUT2D eigenvalue weighted by Gasteiger charge is -2.27. The molecule has 0 bridgehead atoms. The van der Waals surface area contributed by atoms with Crippen molar-refractivity contribution in [2.75, 3.05) is 32.8 Å². The number of hydrogen-bond acceptors (Lipinski definition) is 5. The normalized spacial score (nSPS) is 28.1. The highest BCUT2D eigenvalue weighted by atomic mass is 16.5. The van der Waals surface area contributed by atoms with Crippen molar-refractivity contribution in [2.45, 2.75) is 43.9 Å². The summed E-state index contributed by atoms with van der Waals surface area (Å²) in [5.41, 5.74) is 2.60. The Morgan fingerprint density at radius 3 is 2.43 bits per heavy atom. The molecule has 7 heteroatoms. The molecule has 0 aromatic heterocycles. The molecule has 2 fully saturated rings. The van der Waals surface area contributed by atoms with E-state index in [9.17, 15) is 14.7 Å². The number of benzene rings is 1. The van der Waals surface area contributed by atoms with E-state index in [-0.39, 0.29) is 29.8 Å². The van der Waals surface area contributed by atoms with E-state index in [0.717, 1.165) is 25.9 Å². The molecule has 0 spiro atoms. The molecule has 0 unspecified atom stereocenters. The molecule has 2 amide bonds. The number of nitrogens with zero attached hydrogens (tertiary/aromatic N) is 1. The average Bonchev–Trinajstić information content (AvgIpc) is 3.25. The fourth-order valence-corrected chi connectivity index (χ4v) is 4.58. The van der Waals surface area contributed by atoms with Crippen LogP contribution in [-0.4, -0.2) is 72.9 Å². The number of morpholine rings is 1. The fourth-order valence-electron chi connectivity index (χ4n) is 4.58. The van der Waals surface area contributed by atoms with Crippen LogP contribution in [0.5, 0.6) is 0 Å². The summed E-state index contributed by atoms with van der Waals surface area (Å²) in [7, 11) is 0. The number of hydrogen-bond donors (Lipinski definition) is 3. The van der Waals surface area contributed by atoms with Gasteiger partial charge < -0.3 is 20.5 Å². The average molecular weight is 387 g/mol. The molecule has 1 heterocycles. The van der Waals surface area contributed by atoms with Gasteiger partial charge in [0.25, 0.3) is 0 Å². The Hall–Kier alpha value is -1.96. The molecule has 1 saturated heterocycles. The van der Waals surface area contributed by atoms with Crippen molar-refractivity contribution >= 4 is 11.8 Å². The first-order valence-electron chi connectivity index (χ1n) is 10.2. The molecule has 28 heavy (non-hydrogen) atoms. The predicted molar refractivity (Wildman–Crippen MR) is 104 cm³/mol. The molecule has 4 rings (SSSR count). The highest BCUT2D eigenvalue weighted by Gasteiger charge is 2.38. The molecule has 1 aromatic rings. The first-order chi connectivity index (χ1) is 13.6. The minimum absolute atomic E-state index is 0.0122. The van der Waals surface area contributed by atoms with Crippen LogP contribution in [0.2, 0.25) is 0 Å². The van der Waals surface area contributed by atoms with Crippen LogP contribution < -0.4 is 10.6 Å². The zero-order valence-corrected chi connectivity index (χ0v) is 16.1. The summed E-state index contributed by atoms with van der Waals surface area (Å²) >= 11 is 0. The van der Waals surface area contributed by atoms with Gasteiger partial charge in [0.2, 0.25) is 11.8 Å². The molecule has 3 atom stereocenters. The zero-order chi connectivity index (χ0) is 19.5. The van der Waals surface area contributed by atoms with Crippen molar-refractivity contribution in [2.24, 2.45) is 5.92 Å². The van der Waals surface area contributed by atoms with Crippen molar-refractivity contribution in [1.82, 2.24) is 15.5 Å². The molecular formula is C21H29N3O4. The van der Waals surface area contributed by atoms with Crippen LogP contribution in [0.3, 0.4) is 0 Å². The quantitative estimate of drug-likeness (QED) is 0.654. The third-order valence-corrected chi connectivity index (χ3v) is 6.11. The topological polar surface area (TPSA) is 90.9 Å². The number of ether oxygens (including phenoxy) is 1. The number of carbonyl (C=O) groups is 2. The summed E-state index contributed by atoms with van der Waals surface area (Å²) in [5.74, 6) is -0.368. The van der Waals surface area contributed by atoms with Gasteiger partial charge in [-0.1, -0.05) is 24.3 Å². The standard InChI is InChI=1S/C21H29N3O4/c25-19-12-16(11-18(19)23-20(26)13-24-5-7-28-8-6-24)21(27)22-17-9-14-3-1-2-4-15(14)10-17/h1-4,16-19,25H,5-13H2,(H,22,27)(H,23,26)/t16-,18+,19+/m0/s1. The van der Waals surface area contributed by atoms with Crippen molar-refractivity contribution in [1.29, 1.82) is 0 Å². The van der Waals surface area contributed by atoms with Crippen molar-refractivity contribution in [3.05, 3.63) is 35.4 Å². The van der Waals surface area contributed by atoms with Gasteiger partial charge in [0.1, 0.15) is 0 Å². The van der Waals surface area contributed by atoms with Crippen molar-refractivity contribution in [3.63, 3.8) is 0 Å². The number of nitrogens with one attached hydrogen (secondary N) is 2. The lowest BCUT2D eigenvalue weighted by molar-refractivity contribution is -0.126. The van der Waals surface area contributed by atoms with Crippen LogP contribution >= 0.6 is 0 Å².